The maximum atomic E-state index is 12.6. The second-order valence-corrected chi connectivity index (χ2v) is 5.63. The number of nitrogens with one attached hydrogen (secondary N) is 2. The normalized spacial score (nSPS) is 10.5. The molecule has 0 bridgehead atoms. The van der Waals surface area contributed by atoms with Crippen LogP contribution in [0.2, 0.25) is 5.02 Å². The van der Waals surface area contributed by atoms with Gasteiger partial charge in [-0.05, 0) is 36.4 Å². The molecule has 1 heterocycles. The number of hydrogen-bond donors (Lipinski definition) is 2. The van der Waals surface area contributed by atoms with Crippen molar-refractivity contribution in [2.45, 2.75) is 0 Å². The van der Waals surface area contributed by atoms with Crippen molar-refractivity contribution in [2.75, 3.05) is 19.5 Å². The predicted molar refractivity (Wildman–Crippen MR) is 94.6 cm³/mol. The molecule has 0 atom stereocenters. The van der Waals surface area contributed by atoms with Crippen LogP contribution in [0.25, 0.3) is 11.0 Å². The predicted octanol–water partition coefficient (Wildman–Crippen LogP) is 3.84. The Morgan fingerprint density at radius 2 is 1.92 bits per heavy atom. The van der Waals surface area contributed by atoms with Crippen LogP contribution in [0.15, 0.2) is 46.9 Å². The smallest absolute Gasteiger partial charge is 0.261 e. The lowest BCUT2D eigenvalue weighted by molar-refractivity contribution is 0.102. The van der Waals surface area contributed by atoms with Crippen molar-refractivity contribution in [3.8, 4) is 11.5 Å². The second kappa shape index (κ2) is 6.86. The van der Waals surface area contributed by atoms with Gasteiger partial charge in [-0.1, -0.05) is 11.6 Å². The molecule has 0 aliphatic carbocycles. The Bertz CT molecular complexity index is 1010. The molecule has 0 unspecified atom stereocenters. The summed E-state index contributed by atoms with van der Waals surface area (Å²) in [6.07, 6.45) is 0. The van der Waals surface area contributed by atoms with Crippen LogP contribution in [0, 0.1) is 5.41 Å². The number of halogens is 1. The standard InChI is InChI=1S/C18H15ClN2O4/c1-23-12-4-6-16(24-2)14(9-12)21-18(22)13-8-10-7-11(19)3-5-15(10)25-17(13)20/h3-9,20H,1-2H3,(H,21,22). The minimum Gasteiger partial charge on any atom is -0.497 e. The fourth-order valence-corrected chi connectivity index (χ4v) is 2.56. The zero-order chi connectivity index (χ0) is 18.0. The van der Waals surface area contributed by atoms with Crippen LogP contribution in [0.1, 0.15) is 10.4 Å². The van der Waals surface area contributed by atoms with Gasteiger partial charge in [-0.2, -0.15) is 0 Å². The van der Waals surface area contributed by atoms with Gasteiger partial charge in [0.1, 0.15) is 22.6 Å². The highest BCUT2D eigenvalue weighted by molar-refractivity contribution is 6.31. The van der Waals surface area contributed by atoms with Crippen molar-refractivity contribution >= 4 is 34.2 Å². The topological polar surface area (TPSA) is 84.6 Å². The maximum Gasteiger partial charge on any atom is 0.261 e. The van der Waals surface area contributed by atoms with Crippen LogP contribution in [0.4, 0.5) is 5.69 Å². The van der Waals surface area contributed by atoms with Crippen LogP contribution < -0.4 is 20.3 Å². The summed E-state index contributed by atoms with van der Waals surface area (Å²) in [4.78, 5) is 12.6. The molecular weight excluding hydrogens is 344 g/mol. The Labute approximate surface area is 148 Å². The number of fused-ring (bicyclic) bond motifs is 1. The largest absolute Gasteiger partial charge is 0.497 e. The fraction of sp³-hybridized carbons (Fsp3) is 0.111. The fourth-order valence-electron chi connectivity index (χ4n) is 2.38. The second-order valence-electron chi connectivity index (χ2n) is 5.19. The molecule has 0 fully saturated rings. The summed E-state index contributed by atoms with van der Waals surface area (Å²) in [7, 11) is 3.03. The lowest BCUT2D eigenvalue weighted by Gasteiger charge is -2.12. The number of rotatable bonds is 4. The first-order valence-corrected chi connectivity index (χ1v) is 7.71. The molecule has 0 saturated carbocycles. The van der Waals surface area contributed by atoms with Crippen molar-refractivity contribution in [3.63, 3.8) is 0 Å². The highest BCUT2D eigenvalue weighted by Gasteiger charge is 2.15. The number of amides is 1. The van der Waals surface area contributed by atoms with Gasteiger partial charge in [-0.25, -0.2) is 0 Å². The molecule has 7 heteroatoms. The highest BCUT2D eigenvalue weighted by Crippen LogP contribution is 2.29. The third kappa shape index (κ3) is 3.44. The van der Waals surface area contributed by atoms with E-state index in [0.29, 0.717) is 33.2 Å². The van der Waals surface area contributed by atoms with Gasteiger partial charge in [0.25, 0.3) is 5.91 Å². The van der Waals surface area contributed by atoms with Gasteiger partial charge in [-0.15, -0.1) is 0 Å². The van der Waals surface area contributed by atoms with Crippen molar-refractivity contribution < 1.29 is 18.7 Å². The SMILES string of the molecule is COc1ccc(OC)c(NC(=O)c2cc3cc(Cl)ccc3oc2=N)c1. The van der Waals surface area contributed by atoms with E-state index in [-0.39, 0.29) is 11.1 Å². The van der Waals surface area contributed by atoms with Crippen molar-refractivity contribution in [1.29, 1.82) is 5.41 Å². The molecule has 6 nitrogen and oxygen atoms in total. The first-order chi connectivity index (χ1) is 12.0. The highest BCUT2D eigenvalue weighted by atomic mass is 35.5. The van der Waals surface area contributed by atoms with E-state index in [9.17, 15) is 4.79 Å². The van der Waals surface area contributed by atoms with E-state index in [1.165, 1.54) is 14.2 Å². The number of carbonyl (C=O) groups excluding carboxylic acids is 1. The minimum absolute atomic E-state index is 0.0830. The van der Waals surface area contributed by atoms with E-state index in [2.05, 4.69) is 5.32 Å². The van der Waals surface area contributed by atoms with Crippen molar-refractivity contribution in [1.82, 2.24) is 0 Å². The van der Waals surface area contributed by atoms with Gasteiger partial charge in [0.15, 0.2) is 0 Å². The molecule has 0 aliphatic rings. The number of anilines is 1. The summed E-state index contributed by atoms with van der Waals surface area (Å²) in [6, 6.07) is 11.6. The van der Waals surface area contributed by atoms with E-state index in [1.54, 1.807) is 42.5 Å². The van der Waals surface area contributed by atoms with Gasteiger partial charge in [0, 0.05) is 16.5 Å². The Morgan fingerprint density at radius 1 is 1.12 bits per heavy atom. The summed E-state index contributed by atoms with van der Waals surface area (Å²) in [6.45, 7) is 0. The van der Waals surface area contributed by atoms with Gasteiger partial charge < -0.3 is 19.2 Å². The molecule has 3 rings (SSSR count). The maximum absolute atomic E-state index is 12.6. The Morgan fingerprint density at radius 3 is 2.64 bits per heavy atom. The molecule has 1 aromatic heterocycles. The monoisotopic (exact) mass is 358 g/mol. The molecule has 0 spiro atoms. The van der Waals surface area contributed by atoms with Crippen molar-refractivity contribution in [3.05, 3.63) is 58.6 Å². The molecule has 0 saturated heterocycles. The number of benzene rings is 2. The first kappa shape index (κ1) is 16.9. The summed E-state index contributed by atoms with van der Waals surface area (Å²) >= 11 is 5.97. The van der Waals surface area contributed by atoms with Crippen LogP contribution in [0.5, 0.6) is 11.5 Å². The molecule has 0 radical (unpaired) electrons. The third-order valence-corrected chi connectivity index (χ3v) is 3.86. The summed E-state index contributed by atoms with van der Waals surface area (Å²) in [5.74, 6) is 0.542. The number of carbonyl (C=O) groups is 1. The van der Waals surface area contributed by atoms with E-state index in [4.69, 9.17) is 30.9 Å². The average molecular weight is 359 g/mol. The van der Waals surface area contributed by atoms with Gasteiger partial charge in [0.2, 0.25) is 5.55 Å². The Balaban J connectivity index is 2.00. The Kier molecular flexibility index (Phi) is 4.63. The molecule has 25 heavy (non-hydrogen) atoms. The van der Waals surface area contributed by atoms with Crippen LogP contribution in [0.3, 0.4) is 0 Å². The molecule has 2 aromatic carbocycles. The third-order valence-electron chi connectivity index (χ3n) is 3.63. The number of hydrogen-bond acceptors (Lipinski definition) is 5. The van der Waals surface area contributed by atoms with Crippen molar-refractivity contribution in [2.24, 2.45) is 0 Å². The van der Waals surface area contributed by atoms with Gasteiger partial charge in [0.05, 0.1) is 19.9 Å². The zero-order valence-corrected chi connectivity index (χ0v) is 14.3. The molecule has 0 aliphatic heterocycles. The lowest BCUT2D eigenvalue weighted by atomic mass is 10.1. The average Bonchev–Trinajstić information content (AvgIpc) is 2.61. The minimum atomic E-state index is -0.498. The summed E-state index contributed by atoms with van der Waals surface area (Å²) in [5.41, 5.74) is 0.746. The molecule has 3 aromatic rings. The molecular formula is C18H15ClN2O4. The lowest BCUT2D eigenvalue weighted by Crippen LogP contribution is -2.21. The first-order valence-electron chi connectivity index (χ1n) is 7.33. The van der Waals surface area contributed by atoms with E-state index < -0.39 is 5.91 Å². The zero-order valence-electron chi connectivity index (χ0n) is 13.6. The van der Waals surface area contributed by atoms with E-state index in [0.717, 1.165) is 0 Å². The number of methoxy groups -OCH3 is 2. The Hall–Kier alpha value is -2.99. The van der Waals surface area contributed by atoms with Gasteiger partial charge in [-0.3, -0.25) is 10.2 Å². The summed E-state index contributed by atoms with van der Waals surface area (Å²) < 4.78 is 15.8. The van der Waals surface area contributed by atoms with E-state index >= 15 is 0 Å². The molecule has 1 amide bonds. The van der Waals surface area contributed by atoms with Crippen LogP contribution >= 0.6 is 11.6 Å². The quantitative estimate of drug-likeness (QED) is 0.742. The van der Waals surface area contributed by atoms with Crippen LogP contribution in [-0.4, -0.2) is 20.1 Å². The molecule has 128 valence electrons. The van der Waals surface area contributed by atoms with Gasteiger partial charge >= 0.3 is 0 Å². The molecule has 2 N–H and O–H groups in total. The van der Waals surface area contributed by atoms with E-state index in [1.807, 2.05) is 0 Å². The summed E-state index contributed by atoms with van der Waals surface area (Å²) in [5, 5.41) is 11.8. The number of ether oxygens (including phenoxy) is 2. The van der Waals surface area contributed by atoms with Crippen LogP contribution in [-0.2, 0) is 0 Å².